The minimum Gasteiger partial charge on any atom is -0.467 e. The molecule has 0 atom stereocenters. The Morgan fingerprint density at radius 3 is 1.75 bits per heavy atom. The molecule has 0 saturated carbocycles. The number of rotatable bonds is 2. The van der Waals surface area contributed by atoms with Crippen LogP contribution in [0.25, 0.3) is 0 Å². The van der Waals surface area contributed by atoms with Gasteiger partial charge in [-0.2, -0.15) is 0 Å². The highest BCUT2D eigenvalue weighted by molar-refractivity contribution is 8.11. The fraction of sp³-hybridized carbons (Fsp3) is 0.222. The standard InChI is InChI=1S/C18H14O4S2/c1-21-15(19)18(16(20)22-2)17(24-18)11-7-3-5-9-13(11)23-14-10-6-4-8-12(14)17/h3-10H,1-2H3. The van der Waals surface area contributed by atoms with Crippen molar-refractivity contribution in [2.75, 3.05) is 14.2 Å². The second-order valence-electron chi connectivity index (χ2n) is 5.54. The molecule has 0 amide bonds. The minimum absolute atomic E-state index is 0.573. The highest BCUT2D eigenvalue weighted by Crippen LogP contribution is 2.77. The zero-order valence-electron chi connectivity index (χ0n) is 13.1. The third-order valence-electron chi connectivity index (χ3n) is 4.46. The summed E-state index contributed by atoms with van der Waals surface area (Å²) in [5.74, 6) is -1.15. The van der Waals surface area contributed by atoms with E-state index in [0.717, 1.165) is 20.9 Å². The molecule has 122 valence electrons. The lowest BCUT2D eigenvalue weighted by Gasteiger charge is -2.29. The molecule has 0 radical (unpaired) electrons. The van der Waals surface area contributed by atoms with Crippen LogP contribution in [0, 0.1) is 0 Å². The van der Waals surface area contributed by atoms with Crippen LogP contribution in [0.2, 0.25) is 0 Å². The van der Waals surface area contributed by atoms with Gasteiger partial charge in [-0.3, -0.25) is 0 Å². The molecule has 2 aliphatic heterocycles. The van der Waals surface area contributed by atoms with Crippen molar-refractivity contribution in [2.24, 2.45) is 0 Å². The normalized spacial score (nSPS) is 18.2. The first-order valence-corrected chi connectivity index (χ1v) is 8.99. The third kappa shape index (κ3) is 1.73. The van der Waals surface area contributed by atoms with Gasteiger partial charge in [0, 0.05) is 9.79 Å². The molecular formula is C18H14O4S2. The zero-order chi connectivity index (χ0) is 16.9. The largest absolute Gasteiger partial charge is 0.467 e. The lowest BCUT2D eigenvalue weighted by atomic mass is 9.80. The Labute approximate surface area is 147 Å². The van der Waals surface area contributed by atoms with E-state index in [1.165, 1.54) is 26.0 Å². The number of methoxy groups -OCH3 is 2. The van der Waals surface area contributed by atoms with Crippen molar-refractivity contribution >= 4 is 35.5 Å². The van der Waals surface area contributed by atoms with Crippen molar-refractivity contribution < 1.29 is 19.1 Å². The lowest BCUT2D eigenvalue weighted by molar-refractivity contribution is -0.155. The fourth-order valence-corrected chi connectivity index (χ4v) is 6.42. The molecule has 2 aromatic rings. The summed E-state index contributed by atoms with van der Waals surface area (Å²) in [6, 6.07) is 15.7. The lowest BCUT2D eigenvalue weighted by Crippen LogP contribution is -2.43. The predicted octanol–water partition coefficient (Wildman–Crippen LogP) is 3.23. The number of hydrogen-bond donors (Lipinski definition) is 0. The van der Waals surface area contributed by atoms with Crippen LogP contribution < -0.4 is 0 Å². The summed E-state index contributed by atoms with van der Waals surface area (Å²) in [5.41, 5.74) is 1.91. The Morgan fingerprint density at radius 2 is 1.29 bits per heavy atom. The maximum absolute atomic E-state index is 12.6. The summed E-state index contributed by atoms with van der Waals surface area (Å²) in [7, 11) is 2.60. The predicted molar refractivity (Wildman–Crippen MR) is 92.1 cm³/mol. The van der Waals surface area contributed by atoms with Gasteiger partial charge in [0.15, 0.2) is 0 Å². The van der Waals surface area contributed by atoms with Crippen molar-refractivity contribution in [1.82, 2.24) is 0 Å². The second kappa shape index (κ2) is 5.29. The average molecular weight is 358 g/mol. The van der Waals surface area contributed by atoms with E-state index in [1.54, 1.807) is 11.8 Å². The maximum Gasteiger partial charge on any atom is 0.335 e. The molecule has 6 heteroatoms. The third-order valence-corrected chi connectivity index (χ3v) is 7.40. The van der Waals surface area contributed by atoms with Crippen molar-refractivity contribution in [1.29, 1.82) is 0 Å². The van der Waals surface area contributed by atoms with Crippen LogP contribution in [-0.4, -0.2) is 30.9 Å². The molecule has 2 aromatic carbocycles. The van der Waals surface area contributed by atoms with Crippen LogP contribution in [0.5, 0.6) is 0 Å². The van der Waals surface area contributed by atoms with Crippen LogP contribution in [0.3, 0.4) is 0 Å². The molecular weight excluding hydrogens is 344 g/mol. The molecule has 1 spiro atoms. The van der Waals surface area contributed by atoms with E-state index in [4.69, 9.17) is 9.47 Å². The molecule has 4 rings (SSSR count). The van der Waals surface area contributed by atoms with Crippen molar-refractivity contribution in [2.45, 2.75) is 19.3 Å². The van der Waals surface area contributed by atoms with Gasteiger partial charge in [-0.1, -0.05) is 48.2 Å². The molecule has 0 aromatic heterocycles. The minimum atomic E-state index is -1.40. The highest BCUT2D eigenvalue weighted by atomic mass is 32.2. The van der Waals surface area contributed by atoms with E-state index in [-0.39, 0.29) is 0 Å². The van der Waals surface area contributed by atoms with Gasteiger partial charge in [-0.25, -0.2) is 9.59 Å². The van der Waals surface area contributed by atoms with E-state index in [2.05, 4.69) is 0 Å². The summed E-state index contributed by atoms with van der Waals surface area (Å²) in [6.07, 6.45) is 0. The van der Waals surface area contributed by atoms with Gasteiger partial charge in [0.05, 0.1) is 14.2 Å². The SMILES string of the molecule is COC(=O)C1(C(=O)OC)SC12c1ccccc1Sc1ccccc12. The Hall–Kier alpha value is -1.92. The van der Waals surface area contributed by atoms with Gasteiger partial charge in [-0.05, 0) is 23.3 Å². The first kappa shape index (κ1) is 15.6. The Morgan fingerprint density at radius 1 is 0.833 bits per heavy atom. The molecule has 4 nitrogen and oxygen atoms in total. The van der Waals surface area contributed by atoms with Crippen LogP contribution in [0.1, 0.15) is 11.1 Å². The molecule has 0 N–H and O–H groups in total. The fourth-order valence-electron chi connectivity index (χ4n) is 3.39. The average Bonchev–Trinajstić information content (AvgIpc) is 3.32. The molecule has 24 heavy (non-hydrogen) atoms. The number of ether oxygens (including phenoxy) is 2. The van der Waals surface area contributed by atoms with Gasteiger partial charge in [0.2, 0.25) is 4.75 Å². The summed E-state index contributed by atoms with van der Waals surface area (Å²) >= 11 is 2.94. The molecule has 0 bridgehead atoms. The number of esters is 2. The Kier molecular flexibility index (Phi) is 3.44. The number of hydrogen-bond acceptors (Lipinski definition) is 6. The quantitative estimate of drug-likeness (QED) is 0.467. The van der Waals surface area contributed by atoms with Crippen LogP contribution >= 0.6 is 23.5 Å². The van der Waals surface area contributed by atoms with E-state index < -0.39 is 21.4 Å². The molecule has 2 aliphatic rings. The van der Waals surface area contributed by atoms with E-state index in [0.29, 0.717) is 0 Å². The van der Waals surface area contributed by atoms with E-state index >= 15 is 0 Å². The van der Waals surface area contributed by atoms with Crippen molar-refractivity contribution in [3.8, 4) is 0 Å². The van der Waals surface area contributed by atoms with Gasteiger partial charge in [-0.15, -0.1) is 11.8 Å². The number of benzene rings is 2. The molecule has 1 fully saturated rings. The highest BCUT2D eigenvalue weighted by Gasteiger charge is 2.82. The first-order valence-electron chi connectivity index (χ1n) is 7.35. The first-order chi connectivity index (χ1) is 11.6. The smallest absolute Gasteiger partial charge is 0.335 e. The van der Waals surface area contributed by atoms with E-state index in [1.807, 2.05) is 48.5 Å². The van der Waals surface area contributed by atoms with E-state index in [9.17, 15) is 9.59 Å². The van der Waals surface area contributed by atoms with Crippen LogP contribution in [0.15, 0.2) is 58.3 Å². The topological polar surface area (TPSA) is 52.6 Å². The van der Waals surface area contributed by atoms with Gasteiger partial charge < -0.3 is 9.47 Å². The maximum atomic E-state index is 12.6. The summed E-state index contributed by atoms with van der Waals surface area (Å²) in [5, 5.41) is 0. The van der Waals surface area contributed by atoms with Gasteiger partial charge in [0.25, 0.3) is 0 Å². The van der Waals surface area contributed by atoms with Crippen molar-refractivity contribution in [3.05, 3.63) is 59.7 Å². The zero-order valence-corrected chi connectivity index (χ0v) is 14.7. The molecule has 2 heterocycles. The molecule has 0 aliphatic carbocycles. The summed E-state index contributed by atoms with van der Waals surface area (Å²) in [4.78, 5) is 27.4. The number of carbonyl (C=O) groups is 2. The monoisotopic (exact) mass is 358 g/mol. The van der Waals surface area contributed by atoms with Crippen molar-refractivity contribution in [3.63, 3.8) is 0 Å². The summed E-state index contributed by atoms with van der Waals surface area (Å²) in [6.45, 7) is 0. The second-order valence-corrected chi connectivity index (χ2v) is 8.05. The summed E-state index contributed by atoms with van der Waals surface area (Å²) < 4.78 is 7.78. The number of fused-ring (bicyclic) bond motifs is 4. The Bertz CT molecular complexity index is 800. The molecule has 1 saturated heterocycles. The number of thioether (sulfide) groups is 1. The number of carbonyl (C=O) groups excluding carboxylic acids is 2. The van der Waals surface area contributed by atoms with Crippen LogP contribution in [0.4, 0.5) is 0 Å². The van der Waals surface area contributed by atoms with Gasteiger partial charge >= 0.3 is 11.9 Å². The van der Waals surface area contributed by atoms with Crippen LogP contribution in [-0.2, 0) is 23.8 Å². The Balaban J connectivity index is 2.02. The van der Waals surface area contributed by atoms with Gasteiger partial charge in [0.1, 0.15) is 4.75 Å². The molecule has 0 unspecified atom stereocenters.